The van der Waals surface area contributed by atoms with Crippen LogP contribution in [0.4, 0.5) is 5.69 Å². The molecule has 1 saturated heterocycles. The Morgan fingerprint density at radius 2 is 1.96 bits per heavy atom. The van der Waals surface area contributed by atoms with Crippen molar-refractivity contribution < 1.29 is 14.3 Å². The number of hydrogen-bond donors (Lipinski definition) is 0. The van der Waals surface area contributed by atoms with Crippen LogP contribution in [0.1, 0.15) is 18.9 Å². The third-order valence-electron chi connectivity index (χ3n) is 4.97. The molecule has 0 spiro atoms. The van der Waals surface area contributed by atoms with E-state index in [9.17, 15) is 9.59 Å². The Labute approximate surface area is 166 Å². The molecule has 5 nitrogen and oxygen atoms in total. The largest absolute Gasteiger partial charge is 0.497 e. The minimum absolute atomic E-state index is 0.0160. The van der Waals surface area contributed by atoms with E-state index in [0.29, 0.717) is 25.1 Å². The summed E-state index contributed by atoms with van der Waals surface area (Å²) in [6, 6.07) is 17.5. The molecule has 0 bridgehead atoms. The van der Waals surface area contributed by atoms with Crippen LogP contribution in [0.25, 0.3) is 0 Å². The Balaban J connectivity index is 1.86. The molecule has 1 aliphatic rings. The highest BCUT2D eigenvalue weighted by Gasteiger charge is 2.35. The molecular formula is C23H26N2O3. The fourth-order valence-corrected chi connectivity index (χ4v) is 3.49. The number of hydrogen-bond acceptors (Lipinski definition) is 3. The van der Waals surface area contributed by atoms with E-state index in [4.69, 9.17) is 4.74 Å². The molecule has 1 unspecified atom stereocenters. The summed E-state index contributed by atoms with van der Waals surface area (Å²) in [7, 11) is 1.61. The zero-order valence-corrected chi connectivity index (χ0v) is 16.4. The van der Waals surface area contributed by atoms with Gasteiger partial charge in [-0.3, -0.25) is 9.59 Å². The number of ether oxygens (including phenoxy) is 1. The molecule has 2 amide bonds. The lowest BCUT2D eigenvalue weighted by Gasteiger charge is -2.41. The lowest BCUT2D eigenvalue weighted by molar-refractivity contribution is -0.139. The Bertz CT molecular complexity index is 848. The number of benzene rings is 2. The summed E-state index contributed by atoms with van der Waals surface area (Å²) in [5.41, 5.74) is 1.94. The van der Waals surface area contributed by atoms with Crippen molar-refractivity contribution in [3.05, 3.63) is 72.3 Å². The molecule has 28 heavy (non-hydrogen) atoms. The number of methoxy groups -OCH3 is 1. The Morgan fingerprint density at radius 3 is 2.68 bits per heavy atom. The van der Waals surface area contributed by atoms with Crippen molar-refractivity contribution in [2.45, 2.75) is 25.8 Å². The monoisotopic (exact) mass is 378 g/mol. The molecule has 146 valence electrons. The summed E-state index contributed by atoms with van der Waals surface area (Å²) in [6.45, 7) is 2.44. The third-order valence-corrected chi connectivity index (χ3v) is 4.97. The lowest BCUT2D eigenvalue weighted by Crippen LogP contribution is -2.58. The zero-order chi connectivity index (χ0) is 19.9. The molecular weight excluding hydrogens is 352 g/mol. The van der Waals surface area contributed by atoms with Gasteiger partial charge in [-0.05, 0) is 31.0 Å². The summed E-state index contributed by atoms with van der Waals surface area (Å²) in [5.74, 6) is 0.612. The van der Waals surface area contributed by atoms with Crippen LogP contribution in [-0.4, -0.2) is 43.0 Å². The number of allylic oxidation sites excluding steroid dienone is 1. The molecule has 0 radical (unpaired) electrons. The van der Waals surface area contributed by atoms with Crippen molar-refractivity contribution in [1.82, 2.24) is 4.90 Å². The molecule has 0 saturated carbocycles. The summed E-state index contributed by atoms with van der Waals surface area (Å²) in [6.07, 6.45) is 4.71. The van der Waals surface area contributed by atoms with Crippen LogP contribution in [0.3, 0.4) is 0 Å². The van der Waals surface area contributed by atoms with Gasteiger partial charge in [0.1, 0.15) is 12.3 Å². The normalized spacial score (nSPS) is 17.2. The van der Waals surface area contributed by atoms with Crippen LogP contribution in [0.15, 0.2) is 66.7 Å². The third kappa shape index (κ3) is 4.60. The van der Waals surface area contributed by atoms with Gasteiger partial charge in [0, 0.05) is 24.7 Å². The average Bonchev–Trinajstić information content (AvgIpc) is 2.73. The van der Waals surface area contributed by atoms with Crippen LogP contribution < -0.4 is 9.64 Å². The molecule has 2 aromatic carbocycles. The highest BCUT2D eigenvalue weighted by molar-refractivity contribution is 5.98. The number of carbonyl (C=O) groups excluding carboxylic acids is 2. The van der Waals surface area contributed by atoms with Crippen molar-refractivity contribution in [2.24, 2.45) is 0 Å². The van der Waals surface area contributed by atoms with Gasteiger partial charge in [-0.15, -0.1) is 0 Å². The first kappa shape index (κ1) is 19.7. The molecule has 1 aliphatic heterocycles. The maximum absolute atomic E-state index is 12.9. The summed E-state index contributed by atoms with van der Waals surface area (Å²) in [5, 5.41) is 0. The van der Waals surface area contributed by atoms with Gasteiger partial charge < -0.3 is 14.5 Å². The maximum Gasteiger partial charge on any atom is 0.246 e. The number of nitrogens with zero attached hydrogens (tertiary/aromatic N) is 2. The van der Waals surface area contributed by atoms with E-state index in [1.165, 1.54) is 0 Å². The quantitative estimate of drug-likeness (QED) is 0.724. The molecule has 0 aliphatic carbocycles. The van der Waals surface area contributed by atoms with Gasteiger partial charge in [-0.2, -0.15) is 0 Å². The van der Waals surface area contributed by atoms with Gasteiger partial charge in [0.2, 0.25) is 11.8 Å². The van der Waals surface area contributed by atoms with E-state index in [1.807, 2.05) is 61.5 Å². The topological polar surface area (TPSA) is 49.9 Å². The molecule has 1 fully saturated rings. The summed E-state index contributed by atoms with van der Waals surface area (Å²) >= 11 is 0. The van der Waals surface area contributed by atoms with Gasteiger partial charge in [0.05, 0.1) is 13.2 Å². The molecule has 3 rings (SSSR count). The average molecular weight is 378 g/mol. The molecule has 1 heterocycles. The minimum atomic E-state index is -0.0796. The van der Waals surface area contributed by atoms with Crippen molar-refractivity contribution in [3.8, 4) is 5.75 Å². The van der Waals surface area contributed by atoms with Crippen LogP contribution in [0, 0.1) is 0 Å². The van der Waals surface area contributed by atoms with Crippen molar-refractivity contribution in [3.63, 3.8) is 0 Å². The highest BCUT2D eigenvalue weighted by atomic mass is 16.5. The van der Waals surface area contributed by atoms with E-state index in [2.05, 4.69) is 12.1 Å². The standard InChI is InChI=1S/C23H26N2O3/c1-3-4-13-22(26)25-17-23(27)24(19-11-8-12-21(15-19)28-2)16-20(25)14-18-9-6-5-7-10-18/h3-12,15,20H,13-14,16-17H2,1-2H3/b4-3+. The summed E-state index contributed by atoms with van der Waals surface area (Å²) in [4.78, 5) is 29.1. The number of anilines is 1. The first-order chi connectivity index (χ1) is 13.6. The second kappa shape index (κ2) is 9.22. The van der Waals surface area contributed by atoms with Gasteiger partial charge in [-0.25, -0.2) is 0 Å². The van der Waals surface area contributed by atoms with Crippen LogP contribution >= 0.6 is 0 Å². The molecule has 1 atom stereocenters. The number of amides is 2. The Morgan fingerprint density at radius 1 is 1.18 bits per heavy atom. The molecule has 5 heteroatoms. The van der Waals surface area contributed by atoms with Crippen LogP contribution in [0.2, 0.25) is 0 Å². The van der Waals surface area contributed by atoms with Gasteiger partial charge >= 0.3 is 0 Å². The molecule has 0 N–H and O–H groups in total. The van der Waals surface area contributed by atoms with E-state index in [-0.39, 0.29) is 24.4 Å². The van der Waals surface area contributed by atoms with Gasteiger partial charge in [0.25, 0.3) is 0 Å². The maximum atomic E-state index is 12.9. The summed E-state index contributed by atoms with van der Waals surface area (Å²) < 4.78 is 5.30. The first-order valence-electron chi connectivity index (χ1n) is 9.51. The number of rotatable bonds is 6. The highest BCUT2D eigenvalue weighted by Crippen LogP contribution is 2.26. The number of piperazine rings is 1. The van der Waals surface area contributed by atoms with Gasteiger partial charge in [0.15, 0.2) is 0 Å². The molecule has 2 aromatic rings. The second-order valence-electron chi connectivity index (χ2n) is 6.84. The fraction of sp³-hybridized carbons (Fsp3) is 0.304. The number of carbonyl (C=O) groups is 2. The predicted octanol–water partition coefficient (Wildman–Crippen LogP) is 3.45. The van der Waals surface area contributed by atoms with Gasteiger partial charge in [-0.1, -0.05) is 48.6 Å². The van der Waals surface area contributed by atoms with Crippen molar-refractivity contribution in [1.29, 1.82) is 0 Å². The van der Waals surface area contributed by atoms with Crippen LogP contribution in [-0.2, 0) is 16.0 Å². The predicted molar refractivity (Wildman–Crippen MR) is 110 cm³/mol. The van der Waals surface area contributed by atoms with Crippen molar-refractivity contribution >= 4 is 17.5 Å². The second-order valence-corrected chi connectivity index (χ2v) is 6.84. The van der Waals surface area contributed by atoms with E-state index in [1.54, 1.807) is 16.9 Å². The first-order valence-corrected chi connectivity index (χ1v) is 9.51. The Hall–Kier alpha value is -3.08. The minimum Gasteiger partial charge on any atom is -0.497 e. The SMILES string of the molecule is C/C=C/CC(=O)N1CC(=O)N(c2cccc(OC)c2)CC1Cc1ccccc1. The van der Waals surface area contributed by atoms with Crippen LogP contribution in [0.5, 0.6) is 5.75 Å². The smallest absolute Gasteiger partial charge is 0.246 e. The van der Waals surface area contributed by atoms with Crippen molar-refractivity contribution in [2.75, 3.05) is 25.1 Å². The molecule has 0 aromatic heterocycles. The van der Waals surface area contributed by atoms with E-state index < -0.39 is 0 Å². The van der Waals surface area contributed by atoms with E-state index in [0.717, 1.165) is 11.3 Å². The lowest BCUT2D eigenvalue weighted by atomic mass is 10.0. The van der Waals surface area contributed by atoms with E-state index >= 15 is 0 Å². The zero-order valence-electron chi connectivity index (χ0n) is 16.4. The fourth-order valence-electron chi connectivity index (χ4n) is 3.49. The Kier molecular flexibility index (Phi) is 6.48.